The average Bonchev–Trinajstić information content (AvgIpc) is 2.97. The van der Waals surface area contributed by atoms with Gasteiger partial charge in [-0.3, -0.25) is 14.7 Å². The number of anilines is 1. The molecule has 0 atom stereocenters. The summed E-state index contributed by atoms with van der Waals surface area (Å²) in [6, 6.07) is 13.5. The lowest BCUT2D eigenvalue weighted by Gasteiger charge is -2.05. The van der Waals surface area contributed by atoms with Crippen molar-refractivity contribution >= 4 is 11.6 Å². The van der Waals surface area contributed by atoms with Gasteiger partial charge in [0.15, 0.2) is 5.82 Å². The Bertz CT molecular complexity index is 898. The van der Waals surface area contributed by atoms with Crippen LogP contribution in [0.3, 0.4) is 0 Å². The molecule has 0 radical (unpaired) electrons. The Morgan fingerprint density at radius 3 is 2.60 bits per heavy atom. The van der Waals surface area contributed by atoms with Crippen LogP contribution in [0.1, 0.15) is 18.1 Å². The predicted octanol–water partition coefficient (Wildman–Crippen LogP) is 2.24. The summed E-state index contributed by atoms with van der Waals surface area (Å²) in [5.41, 5.74) is 1.83. The zero-order valence-corrected chi connectivity index (χ0v) is 13.7. The molecule has 0 bridgehead atoms. The molecule has 0 unspecified atom stereocenters. The molecular formula is C18H18N4O3. The quantitative estimate of drug-likeness (QED) is 0.721. The molecule has 7 nitrogen and oxygen atoms in total. The summed E-state index contributed by atoms with van der Waals surface area (Å²) in [5.74, 6) is 0.135. The van der Waals surface area contributed by atoms with E-state index in [0.717, 1.165) is 11.1 Å². The molecule has 25 heavy (non-hydrogen) atoms. The summed E-state index contributed by atoms with van der Waals surface area (Å²) in [6.07, 6.45) is 3.09. The standard InChI is InChI=1S/C18H18N4O3/c1-13(23)21-16-10-20-22(18(16)24)17-8-7-15(9-19-17)12-25-11-14-5-3-2-4-6-14/h2-10,20H,11-12H2,1H3,(H,21,23). The van der Waals surface area contributed by atoms with Crippen LogP contribution in [0.25, 0.3) is 5.82 Å². The Morgan fingerprint density at radius 2 is 1.92 bits per heavy atom. The van der Waals surface area contributed by atoms with E-state index < -0.39 is 0 Å². The highest BCUT2D eigenvalue weighted by Crippen LogP contribution is 2.08. The lowest BCUT2D eigenvalue weighted by atomic mass is 10.2. The minimum atomic E-state index is -0.365. The Kier molecular flexibility index (Phi) is 5.06. The van der Waals surface area contributed by atoms with Crippen LogP contribution in [-0.2, 0) is 22.7 Å². The number of H-pyrrole nitrogens is 1. The maximum absolute atomic E-state index is 12.2. The SMILES string of the molecule is CC(=O)Nc1c[nH]n(-c2ccc(COCc3ccccc3)cn2)c1=O. The third-order valence-electron chi connectivity index (χ3n) is 3.50. The van der Waals surface area contributed by atoms with Crippen molar-refractivity contribution in [2.75, 3.05) is 5.32 Å². The second kappa shape index (κ2) is 7.59. The van der Waals surface area contributed by atoms with Gasteiger partial charge in [0.25, 0.3) is 5.56 Å². The van der Waals surface area contributed by atoms with Crippen LogP contribution in [0.2, 0.25) is 0 Å². The van der Waals surface area contributed by atoms with E-state index in [1.54, 1.807) is 12.3 Å². The molecule has 0 saturated carbocycles. The van der Waals surface area contributed by atoms with Crippen LogP contribution in [0.5, 0.6) is 0 Å². The molecule has 0 fully saturated rings. The van der Waals surface area contributed by atoms with Gasteiger partial charge in [-0.15, -0.1) is 0 Å². The molecule has 2 aromatic heterocycles. The molecule has 0 aliphatic carbocycles. The summed E-state index contributed by atoms with van der Waals surface area (Å²) in [5, 5.41) is 5.24. The summed E-state index contributed by atoms with van der Waals surface area (Å²) in [7, 11) is 0. The predicted molar refractivity (Wildman–Crippen MR) is 93.4 cm³/mol. The maximum atomic E-state index is 12.2. The van der Waals surface area contributed by atoms with Gasteiger partial charge in [-0.2, -0.15) is 4.68 Å². The van der Waals surface area contributed by atoms with Crippen LogP contribution >= 0.6 is 0 Å². The zero-order chi connectivity index (χ0) is 17.6. The number of ether oxygens (including phenoxy) is 1. The average molecular weight is 338 g/mol. The van der Waals surface area contributed by atoms with Crippen LogP contribution in [0.15, 0.2) is 59.7 Å². The lowest BCUT2D eigenvalue weighted by molar-refractivity contribution is -0.114. The van der Waals surface area contributed by atoms with Gasteiger partial charge in [0.05, 0.1) is 13.2 Å². The highest BCUT2D eigenvalue weighted by atomic mass is 16.5. The number of pyridine rings is 1. The Balaban J connectivity index is 1.63. The smallest absolute Gasteiger partial charge is 0.296 e. The molecule has 2 N–H and O–H groups in total. The molecule has 0 saturated heterocycles. The van der Waals surface area contributed by atoms with E-state index >= 15 is 0 Å². The van der Waals surface area contributed by atoms with Crippen LogP contribution in [0.4, 0.5) is 5.69 Å². The van der Waals surface area contributed by atoms with Crippen molar-refractivity contribution in [1.29, 1.82) is 0 Å². The highest BCUT2D eigenvalue weighted by molar-refractivity contribution is 5.88. The summed E-state index contributed by atoms with van der Waals surface area (Å²) in [6.45, 7) is 2.30. The van der Waals surface area contributed by atoms with Crippen molar-refractivity contribution in [3.63, 3.8) is 0 Å². The minimum absolute atomic E-state index is 0.185. The van der Waals surface area contributed by atoms with Gasteiger partial charge in [0.2, 0.25) is 5.91 Å². The third-order valence-corrected chi connectivity index (χ3v) is 3.50. The number of rotatable bonds is 6. The number of hydrogen-bond acceptors (Lipinski definition) is 4. The topological polar surface area (TPSA) is 89.0 Å². The van der Waals surface area contributed by atoms with Crippen LogP contribution < -0.4 is 10.9 Å². The van der Waals surface area contributed by atoms with Crippen molar-refractivity contribution in [1.82, 2.24) is 14.8 Å². The molecule has 3 aromatic rings. The summed E-state index contributed by atoms with van der Waals surface area (Å²) < 4.78 is 6.92. The second-order valence-electron chi connectivity index (χ2n) is 5.51. The first-order valence-corrected chi connectivity index (χ1v) is 7.78. The van der Waals surface area contributed by atoms with E-state index in [4.69, 9.17) is 4.74 Å². The van der Waals surface area contributed by atoms with Gasteiger partial charge in [-0.1, -0.05) is 36.4 Å². The Hall–Kier alpha value is -3.19. The number of nitrogens with one attached hydrogen (secondary N) is 2. The first-order chi connectivity index (χ1) is 12.1. The molecule has 2 heterocycles. The first kappa shape index (κ1) is 16.7. The van der Waals surface area contributed by atoms with E-state index in [2.05, 4.69) is 15.4 Å². The molecule has 3 rings (SSSR count). The molecule has 0 spiro atoms. The largest absolute Gasteiger partial charge is 0.372 e. The van der Waals surface area contributed by atoms with E-state index in [1.807, 2.05) is 36.4 Å². The van der Waals surface area contributed by atoms with E-state index in [1.165, 1.54) is 17.8 Å². The number of amides is 1. The van der Waals surface area contributed by atoms with Gasteiger partial charge >= 0.3 is 0 Å². The highest BCUT2D eigenvalue weighted by Gasteiger charge is 2.09. The van der Waals surface area contributed by atoms with Crippen molar-refractivity contribution in [2.45, 2.75) is 20.1 Å². The number of carbonyl (C=O) groups excluding carboxylic acids is 1. The number of carbonyl (C=O) groups is 1. The number of hydrogen-bond donors (Lipinski definition) is 2. The molecule has 1 aromatic carbocycles. The normalized spacial score (nSPS) is 10.6. The Morgan fingerprint density at radius 1 is 1.16 bits per heavy atom. The fourth-order valence-corrected chi connectivity index (χ4v) is 2.31. The molecule has 0 aliphatic heterocycles. The molecular weight excluding hydrogens is 320 g/mol. The van der Waals surface area contributed by atoms with E-state index in [9.17, 15) is 9.59 Å². The van der Waals surface area contributed by atoms with Gasteiger partial charge in [0.1, 0.15) is 5.69 Å². The van der Waals surface area contributed by atoms with Crippen molar-refractivity contribution in [3.05, 3.63) is 76.3 Å². The van der Waals surface area contributed by atoms with Crippen molar-refractivity contribution in [3.8, 4) is 5.82 Å². The van der Waals surface area contributed by atoms with Crippen LogP contribution in [0, 0.1) is 0 Å². The summed E-state index contributed by atoms with van der Waals surface area (Å²) >= 11 is 0. The number of benzene rings is 1. The maximum Gasteiger partial charge on any atom is 0.296 e. The monoisotopic (exact) mass is 338 g/mol. The van der Waals surface area contributed by atoms with Gasteiger partial charge in [-0.05, 0) is 17.2 Å². The number of nitrogens with zero attached hydrogens (tertiary/aromatic N) is 2. The van der Waals surface area contributed by atoms with Crippen molar-refractivity contribution in [2.24, 2.45) is 0 Å². The zero-order valence-electron chi connectivity index (χ0n) is 13.7. The van der Waals surface area contributed by atoms with Gasteiger partial charge < -0.3 is 10.1 Å². The molecule has 0 aliphatic rings. The summed E-state index contributed by atoms with van der Waals surface area (Å²) in [4.78, 5) is 27.5. The van der Waals surface area contributed by atoms with E-state index in [-0.39, 0.29) is 17.2 Å². The Labute approximate surface area is 144 Å². The van der Waals surface area contributed by atoms with Gasteiger partial charge in [-0.25, -0.2) is 4.98 Å². The molecule has 128 valence electrons. The number of aromatic amines is 1. The van der Waals surface area contributed by atoms with E-state index in [0.29, 0.717) is 19.0 Å². The second-order valence-corrected chi connectivity index (χ2v) is 5.51. The minimum Gasteiger partial charge on any atom is -0.372 e. The first-order valence-electron chi connectivity index (χ1n) is 7.78. The fourth-order valence-electron chi connectivity index (χ4n) is 2.31. The van der Waals surface area contributed by atoms with Gasteiger partial charge in [0, 0.05) is 19.3 Å². The van der Waals surface area contributed by atoms with Crippen molar-refractivity contribution < 1.29 is 9.53 Å². The fraction of sp³-hybridized carbons (Fsp3) is 0.167. The molecule has 1 amide bonds. The lowest BCUT2D eigenvalue weighted by Crippen LogP contribution is -2.20. The molecule has 7 heteroatoms. The number of aromatic nitrogens is 3. The third kappa shape index (κ3) is 4.21. The van der Waals surface area contributed by atoms with Crippen LogP contribution in [-0.4, -0.2) is 20.7 Å².